The van der Waals surface area contributed by atoms with Crippen LogP contribution in [0.4, 0.5) is 4.39 Å². The molecular formula is C16H22FN. The molecule has 2 heteroatoms. The highest BCUT2D eigenvalue weighted by atomic mass is 19.1. The highest BCUT2D eigenvalue weighted by molar-refractivity contribution is 5.27. The van der Waals surface area contributed by atoms with Crippen LogP contribution in [0, 0.1) is 16.6 Å². The van der Waals surface area contributed by atoms with Crippen LogP contribution in [0.25, 0.3) is 0 Å². The zero-order valence-corrected chi connectivity index (χ0v) is 11.3. The predicted octanol–water partition coefficient (Wildman–Crippen LogP) is 3.71. The molecule has 2 unspecified atom stereocenters. The topological polar surface area (TPSA) is 12.0 Å². The van der Waals surface area contributed by atoms with Gasteiger partial charge in [-0.1, -0.05) is 26.0 Å². The van der Waals surface area contributed by atoms with Gasteiger partial charge in [-0.3, -0.25) is 0 Å². The van der Waals surface area contributed by atoms with Gasteiger partial charge in [0.25, 0.3) is 0 Å². The lowest BCUT2D eigenvalue weighted by Crippen LogP contribution is -2.46. The van der Waals surface area contributed by atoms with Gasteiger partial charge in [-0.15, -0.1) is 0 Å². The van der Waals surface area contributed by atoms with Crippen LogP contribution in [-0.4, -0.2) is 13.1 Å². The van der Waals surface area contributed by atoms with Gasteiger partial charge in [-0.2, -0.15) is 0 Å². The number of hydrogen-bond donors (Lipinski definition) is 1. The van der Waals surface area contributed by atoms with Crippen molar-refractivity contribution in [1.29, 1.82) is 0 Å². The molecular weight excluding hydrogens is 225 g/mol. The number of benzene rings is 1. The second kappa shape index (κ2) is 4.06. The van der Waals surface area contributed by atoms with Gasteiger partial charge in [0.1, 0.15) is 5.82 Å². The lowest BCUT2D eigenvalue weighted by molar-refractivity contribution is 0.0911. The highest BCUT2D eigenvalue weighted by Crippen LogP contribution is 2.65. The first-order valence-corrected chi connectivity index (χ1v) is 7.01. The van der Waals surface area contributed by atoms with Gasteiger partial charge in [0.05, 0.1) is 0 Å². The molecule has 2 aliphatic rings. The monoisotopic (exact) mass is 247 g/mol. The van der Waals surface area contributed by atoms with Crippen molar-refractivity contribution in [3.8, 4) is 0 Å². The van der Waals surface area contributed by atoms with Crippen LogP contribution in [0.3, 0.4) is 0 Å². The van der Waals surface area contributed by atoms with E-state index in [1.165, 1.54) is 25.3 Å². The lowest BCUT2D eigenvalue weighted by atomic mass is 9.61. The fourth-order valence-electron chi connectivity index (χ4n) is 3.68. The molecule has 1 heterocycles. The Morgan fingerprint density at radius 1 is 1.22 bits per heavy atom. The minimum Gasteiger partial charge on any atom is -0.316 e. The molecule has 0 aromatic heterocycles. The van der Waals surface area contributed by atoms with E-state index in [0.29, 0.717) is 16.7 Å². The summed E-state index contributed by atoms with van der Waals surface area (Å²) in [5, 5.41) is 3.49. The largest absolute Gasteiger partial charge is 0.316 e. The van der Waals surface area contributed by atoms with Crippen LogP contribution >= 0.6 is 0 Å². The third kappa shape index (κ3) is 1.78. The molecule has 3 rings (SSSR count). The lowest BCUT2D eigenvalue weighted by Gasteiger charge is -2.47. The van der Waals surface area contributed by atoms with Crippen LogP contribution in [0.15, 0.2) is 24.3 Å². The first kappa shape index (κ1) is 12.2. The van der Waals surface area contributed by atoms with E-state index < -0.39 is 0 Å². The van der Waals surface area contributed by atoms with E-state index in [1.807, 2.05) is 6.07 Å². The van der Waals surface area contributed by atoms with Gasteiger partial charge in [-0.05, 0) is 54.3 Å². The summed E-state index contributed by atoms with van der Waals surface area (Å²) in [5.74, 6) is 0.329. The van der Waals surface area contributed by atoms with Gasteiger partial charge in [0, 0.05) is 12.5 Å². The molecule has 98 valence electrons. The molecule has 2 fully saturated rings. The maximum Gasteiger partial charge on any atom is 0.123 e. The Hall–Kier alpha value is -0.890. The van der Waals surface area contributed by atoms with E-state index in [4.69, 9.17) is 0 Å². The molecule has 1 nitrogen and oxygen atoms in total. The normalized spacial score (nSPS) is 34.3. The standard InChI is InChI=1S/C16H22FN/c1-15(6-7-15)16(2)8-9-18-11-14(16)12-4-3-5-13(17)10-12/h3-5,10,14,18H,6-9,11H2,1-2H3. The summed E-state index contributed by atoms with van der Waals surface area (Å²) in [4.78, 5) is 0. The smallest absolute Gasteiger partial charge is 0.123 e. The molecule has 0 radical (unpaired) electrons. The summed E-state index contributed by atoms with van der Waals surface area (Å²) >= 11 is 0. The molecule has 1 aliphatic carbocycles. The molecule has 1 aromatic carbocycles. The van der Waals surface area contributed by atoms with Gasteiger partial charge in [0.2, 0.25) is 0 Å². The third-order valence-corrected chi connectivity index (χ3v) is 5.57. The Kier molecular flexibility index (Phi) is 2.74. The van der Waals surface area contributed by atoms with Crippen molar-refractivity contribution in [1.82, 2.24) is 5.32 Å². The summed E-state index contributed by atoms with van der Waals surface area (Å²) in [5.41, 5.74) is 1.94. The van der Waals surface area contributed by atoms with Crippen molar-refractivity contribution >= 4 is 0 Å². The molecule has 1 N–H and O–H groups in total. The Balaban J connectivity index is 1.97. The second-order valence-corrected chi connectivity index (χ2v) is 6.54. The average molecular weight is 247 g/mol. The SMILES string of the molecule is CC1(C2(C)CCNCC2c2cccc(F)c2)CC1. The number of piperidine rings is 1. The molecule has 0 spiro atoms. The molecule has 1 aromatic rings. The zero-order valence-electron chi connectivity index (χ0n) is 11.3. The molecule has 0 amide bonds. The summed E-state index contributed by atoms with van der Waals surface area (Å²) in [7, 11) is 0. The second-order valence-electron chi connectivity index (χ2n) is 6.54. The van der Waals surface area contributed by atoms with E-state index in [-0.39, 0.29) is 5.82 Å². The van der Waals surface area contributed by atoms with E-state index in [0.717, 1.165) is 18.7 Å². The first-order valence-electron chi connectivity index (χ1n) is 7.01. The van der Waals surface area contributed by atoms with Gasteiger partial charge >= 0.3 is 0 Å². The van der Waals surface area contributed by atoms with Gasteiger partial charge in [0.15, 0.2) is 0 Å². The van der Waals surface area contributed by atoms with E-state index in [2.05, 4.69) is 25.2 Å². The Labute approximate surface area is 109 Å². The predicted molar refractivity (Wildman–Crippen MR) is 72.1 cm³/mol. The molecule has 18 heavy (non-hydrogen) atoms. The van der Waals surface area contributed by atoms with Crippen molar-refractivity contribution in [2.24, 2.45) is 10.8 Å². The van der Waals surface area contributed by atoms with Crippen LogP contribution in [0.5, 0.6) is 0 Å². The van der Waals surface area contributed by atoms with Crippen molar-refractivity contribution in [2.45, 2.75) is 39.0 Å². The van der Waals surface area contributed by atoms with Crippen LogP contribution in [0.1, 0.15) is 44.6 Å². The first-order chi connectivity index (χ1) is 8.55. The van der Waals surface area contributed by atoms with Gasteiger partial charge in [-0.25, -0.2) is 4.39 Å². The Morgan fingerprint density at radius 3 is 2.67 bits per heavy atom. The summed E-state index contributed by atoms with van der Waals surface area (Å²) in [6.07, 6.45) is 3.86. The maximum atomic E-state index is 13.5. The van der Waals surface area contributed by atoms with Crippen molar-refractivity contribution in [3.63, 3.8) is 0 Å². The van der Waals surface area contributed by atoms with Crippen molar-refractivity contribution in [3.05, 3.63) is 35.6 Å². The molecule has 1 saturated carbocycles. The quantitative estimate of drug-likeness (QED) is 0.840. The molecule has 2 atom stereocenters. The number of halogens is 1. The maximum absolute atomic E-state index is 13.5. The zero-order chi connectivity index (χ0) is 12.8. The van der Waals surface area contributed by atoms with Gasteiger partial charge < -0.3 is 5.32 Å². The van der Waals surface area contributed by atoms with Crippen LogP contribution in [0.2, 0.25) is 0 Å². The summed E-state index contributed by atoms with van der Waals surface area (Å²) < 4.78 is 13.5. The number of rotatable bonds is 2. The van der Waals surface area contributed by atoms with Crippen LogP contribution in [-0.2, 0) is 0 Å². The number of nitrogens with one attached hydrogen (secondary N) is 1. The van der Waals surface area contributed by atoms with Crippen molar-refractivity contribution < 1.29 is 4.39 Å². The molecule has 1 saturated heterocycles. The minimum absolute atomic E-state index is 0.110. The van der Waals surface area contributed by atoms with Crippen molar-refractivity contribution in [2.75, 3.05) is 13.1 Å². The fraction of sp³-hybridized carbons (Fsp3) is 0.625. The molecule has 0 bridgehead atoms. The summed E-state index contributed by atoms with van der Waals surface area (Å²) in [6.45, 7) is 6.90. The van der Waals surface area contributed by atoms with E-state index >= 15 is 0 Å². The van der Waals surface area contributed by atoms with Crippen LogP contribution < -0.4 is 5.32 Å². The third-order valence-electron chi connectivity index (χ3n) is 5.57. The van der Waals surface area contributed by atoms with E-state index in [9.17, 15) is 4.39 Å². The Morgan fingerprint density at radius 2 is 2.00 bits per heavy atom. The van der Waals surface area contributed by atoms with E-state index in [1.54, 1.807) is 6.07 Å². The Bertz CT molecular complexity index is 452. The molecule has 1 aliphatic heterocycles. The fourth-order valence-corrected chi connectivity index (χ4v) is 3.68. The minimum atomic E-state index is -0.110. The number of hydrogen-bond acceptors (Lipinski definition) is 1. The highest BCUT2D eigenvalue weighted by Gasteiger charge is 2.56. The summed E-state index contributed by atoms with van der Waals surface area (Å²) in [6, 6.07) is 7.19. The average Bonchev–Trinajstić information content (AvgIpc) is 3.10.